The first-order chi connectivity index (χ1) is 13.2. The van der Waals surface area contributed by atoms with E-state index in [2.05, 4.69) is 52.7 Å². The van der Waals surface area contributed by atoms with Crippen molar-refractivity contribution in [2.75, 3.05) is 18.0 Å². The van der Waals surface area contributed by atoms with Gasteiger partial charge in [0.05, 0.1) is 0 Å². The second-order valence-electron chi connectivity index (χ2n) is 7.36. The molecule has 1 aromatic heterocycles. The molecule has 0 radical (unpaired) electrons. The van der Waals surface area contributed by atoms with Gasteiger partial charge in [-0.15, -0.1) is 0 Å². The van der Waals surface area contributed by atoms with Crippen molar-refractivity contribution in [3.63, 3.8) is 0 Å². The van der Waals surface area contributed by atoms with Crippen molar-refractivity contribution in [3.05, 3.63) is 41.2 Å². The number of benzene rings is 1. The van der Waals surface area contributed by atoms with Gasteiger partial charge < -0.3 is 10.2 Å². The van der Waals surface area contributed by atoms with Crippen molar-refractivity contribution >= 4 is 22.6 Å². The van der Waals surface area contributed by atoms with E-state index in [1.54, 1.807) is 0 Å². The van der Waals surface area contributed by atoms with Gasteiger partial charge in [0.15, 0.2) is 0 Å². The molecule has 1 aromatic carbocycles. The smallest absolute Gasteiger partial charge is 0.242 e. The van der Waals surface area contributed by atoms with Crippen LogP contribution in [-0.4, -0.2) is 34.4 Å². The SMILES string of the molecule is CCCCCCNC(=O)C1CCCN1c1nc(Cc2ccc(C)cc2)ns1. The third kappa shape index (κ3) is 5.51. The molecule has 146 valence electrons. The minimum absolute atomic E-state index is 0.101. The van der Waals surface area contributed by atoms with Crippen LogP contribution in [0.3, 0.4) is 0 Å². The number of hydrogen-bond acceptors (Lipinski definition) is 5. The van der Waals surface area contributed by atoms with Crippen LogP contribution in [0.4, 0.5) is 5.13 Å². The van der Waals surface area contributed by atoms with Gasteiger partial charge in [-0.05, 0) is 31.7 Å². The number of carbonyl (C=O) groups is 1. The summed E-state index contributed by atoms with van der Waals surface area (Å²) in [6.07, 6.45) is 7.36. The summed E-state index contributed by atoms with van der Waals surface area (Å²) in [5.41, 5.74) is 2.47. The minimum atomic E-state index is -0.101. The number of aryl methyl sites for hydroxylation is 1. The Labute approximate surface area is 166 Å². The predicted molar refractivity (Wildman–Crippen MR) is 111 cm³/mol. The number of unbranched alkanes of at least 4 members (excludes halogenated alkanes) is 3. The van der Waals surface area contributed by atoms with Crippen molar-refractivity contribution in [1.29, 1.82) is 0 Å². The maximum Gasteiger partial charge on any atom is 0.242 e. The summed E-state index contributed by atoms with van der Waals surface area (Å²) in [4.78, 5) is 19.4. The Hall–Kier alpha value is -1.95. The molecule has 1 amide bonds. The van der Waals surface area contributed by atoms with Gasteiger partial charge in [0, 0.05) is 31.0 Å². The molecule has 1 atom stereocenters. The van der Waals surface area contributed by atoms with Gasteiger partial charge in [0.25, 0.3) is 0 Å². The van der Waals surface area contributed by atoms with Crippen molar-refractivity contribution in [3.8, 4) is 0 Å². The summed E-state index contributed by atoms with van der Waals surface area (Å²) in [7, 11) is 0. The highest BCUT2D eigenvalue weighted by atomic mass is 32.1. The molecule has 3 rings (SSSR count). The molecule has 27 heavy (non-hydrogen) atoms. The van der Waals surface area contributed by atoms with Crippen LogP contribution in [0, 0.1) is 6.92 Å². The molecular weight excluding hydrogens is 356 g/mol. The molecule has 1 fully saturated rings. The fraction of sp³-hybridized carbons (Fsp3) is 0.571. The molecule has 6 heteroatoms. The van der Waals surface area contributed by atoms with E-state index in [0.29, 0.717) is 0 Å². The summed E-state index contributed by atoms with van der Waals surface area (Å²) in [6.45, 7) is 5.94. The van der Waals surface area contributed by atoms with E-state index in [1.165, 1.54) is 41.9 Å². The molecule has 2 aromatic rings. The largest absolute Gasteiger partial charge is 0.354 e. The van der Waals surface area contributed by atoms with Crippen molar-refractivity contribution < 1.29 is 4.79 Å². The van der Waals surface area contributed by atoms with Gasteiger partial charge in [-0.3, -0.25) is 4.79 Å². The molecule has 0 saturated carbocycles. The zero-order valence-corrected chi connectivity index (χ0v) is 17.2. The summed E-state index contributed by atoms with van der Waals surface area (Å²) in [6, 6.07) is 8.38. The van der Waals surface area contributed by atoms with Gasteiger partial charge >= 0.3 is 0 Å². The van der Waals surface area contributed by atoms with Crippen LogP contribution in [0.25, 0.3) is 0 Å². The van der Waals surface area contributed by atoms with Crippen LogP contribution in [0.15, 0.2) is 24.3 Å². The summed E-state index contributed by atoms with van der Waals surface area (Å²) in [5.74, 6) is 0.976. The lowest BCUT2D eigenvalue weighted by Crippen LogP contribution is -2.43. The lowest BCUT2D eigenvalue weighted by atomic mass is 10.1. The lowest BCUT2D eigenvalue weighted by Gasteiger charge is -2.22. The maximum atomic E-state index is 12.6. The molecule has 5 nitrogen and oxygen atoms in total. The van der Waals surface area contributed by atoms with E-state index in [-0.39, 0.29) is 11.9 Å². The normalized spacial score (nSPS) is 16.7. The molecule has 1 unspecified atom stereocenters. The molecule has 1 N–H and O–H groups in total. The molecule has 0 bridgehead atoms. The zero-order valence-electron chi connectivity index (χ0n) is 16.4. The van der Waals surface area contributed by atoms with Crippen LogP contribution in [0.1, 0.15) is 62.4 Å². The van der Waals surface area contributed by atoms with Crippen LogP contribution in [0.5, 0.6) is 0 Å². The van der Waals surface area contributed by atoms with Crippen LogP contribution < -0.4 is 10.2 Å². The van der Waals surface area contributed by atoms with Gasteiger partial charge in [0.2, 0.25) is 11.0 Å². The second kappa shape index (κ2) is 9.83. The van der Waals surface area contributed by atoms with E-state index in [9.17, 15) is 4.79 Å². The summed E-state index contributed by atoms with van der Waals surface area (Å²) < 4.78 is 4.53. The fourth-order valence-corrected chi connectivity index (χ4v) is 4.23. The maximum absolute atomic E-state index is 12.6. The monoisotopic (exact) mass is 386 g/mol. The van der Waals surface area contributed by atoms with E-state index < -0.39 is 0 Å². The second-order valence-corrected chi connectivity index (χ2v) is 8.09. The van der Waals surface area contributed by atoms with E-state index in [4.69, 9.17) is 4.98 Å². The standard InChI is InChI=1S/C21H30N4OS/c1-3-4-5-6-13-22-20(26)18-8-7-14-25(18)21-23-19(24-27-21)15-17-11-9-16(2)10-12-17/h9-12,18H,3-8,13-15H2,1-2H3,(H,22,26). The first-order valence-corrected chi connectivity index (χ1v) is 10.9. The average molecular weight is 387 g/mol. The van der Waals surface area contributed by atoms with Crippen LogP contribution >= 0.6 is 11.5 Å². The van der Waals surface area contributed by atoms with Crippen molar-refractivity contribution in [2.24, 2.45) is 0 Å². The van der Waals surface area contributed by atoms with E-state index >= 15 is 0 Å². The Morgan fingerprint density at radius 2 is 2.07 bits per heavy atom. The third-order valence-corrected chi connectivity index (χ3v) is 5.86. The topological polar surface area (TPSA) is 58.1 Å². The van der Waals surface area contributed by atoms with Gasteiger partial charge in [-0.2, -0.15) is 4.37 Å². The highest BCUT2D eigenvalue weighted by molar-refractivity contribution is 7.09. The summed E-state index contributed by atoms with van der Waals surface area (Å²) >= 11 is 1.41. The third-order valence-electron chi connectivity index (χ3n) is 5.07. The Kier molecular flexibility index (Phi) is 7.21. The Morgan fingerprint density at radius 3 is 2.85 bits per heavy atom. The Bertz CT molecular complexity index is 728. The number of aromatic nitrogens is 2. The molecule has 1 aliphatic heterocycles. The van der Waals surface area contributed by atoms with Gasteiger partial charge in [-0.25, -0.2) is 4.98 Å². The lowest BCUT2D eigenvalue weighted by molar-refractivity contribution is -0.122. The number of hydrogen-bond donors (Lipinski definition) is 1. The summed E-state index contributed by atoms with van der Waals surface area (Å²) in [5, 5.41) is 3.99. The van der Waals surface area contributed by atoms with Gasteiger partial charge in [-0.1, -0.05) is 56.0 Å². The van der Waals surface area contributed by atoms with Gasteiger partial charge in [0.1, 0.15) is 11.9 Å². The molecule has 0 aliphatic carbocycles. The first kappa shape index (κ1) is 19.8. The van der Waals surface area contributed by atoms with E-state index in [0.717, 1.165) is 49.7 Å². The molecule has 1 aliphatic rings. The molecule has 2 heterocycles. The fourth-order valence-electron chi connectivity index (χ4n) is 3.47. The molecule has 0 spiro atoms. The highest BCUT2D eigenvalue weighted by Crippen LogP contribution is 2.27. The first-order valence-electron chi connectivity index (χ1n) is 10.1. The van der Waals surface area contributed by atoms with E-state index in [1.807, 2.05) is 0 Å². The minimum Gasteiger partial charge on any atom is -0.354 e. The number of rotatable bonds is 9. The van der Waals surface area contributed by atoms with Crippen molar-refractivity contribution in [2.45, 2.75) is 64.8 Å². The Morgan fingerprint density at radius 1 is 1.26 bits per heavy atom. The average Bonchev–Trinajstić information content (AvgIpc) is 3.32. The number of amides is 1. The zero-order chi connectivity index (χ0) is 19.1. The van der Waals surface area contributed by atoms with Crippen LogP contribution in [-0.2, 0) is 11.2 Å². The number of nitrogens with zero attached hydrogens (tertiary/aromatic N) is 3. The molecular formula is C21H30N4OS. The highest BCUT2D eigenvalue weighted by Gasteiger charge is 2.32. The number of anilines is 1. The van der Waals surface area contributed by atoms with Crippen molar-refractivity contribution in [1.82, 2.24) is 14.7 Å². The number of nitrogens with one attached hydrogen (secondary N) is 1. The molecule has 1 saturated heterocycles. The quantitative estimate of drug-likeness (QED) is 0.659. The number of carbonyl (C=O) groups excluding carboxylic acids is 1. The van der Waals surface area contributed by atoms with Crippen LogP contribution in [0.2, 0.25) is 0 Å². The predicted octanol–water partition coefficient (Wildman–Crippen LogP) is 4.10. The Balaban J connectivity index is 1.56.